The van der Waals surface area contributed by atoms with Crippen LogP contribution in [0.2, 0.25) is 0 Å². The van der Waals surface area contributed by atoms with Crippen LogP contribution >= 0.6 is 0 Å². The summed E-state index contributed by atoms with van der Waals surface area (Å²) in [7, 11) is 0. The van der Waals surface area contributed by atoms with E-state index in [2.05, 4.69) is 10.6 Å². The Morgan fingerprint density at radius 3 is 2.29 bits per heavy atom. The largest absolute Gasteiger partial charge is 0.388 e. The molecule has 100 valence electrons. The van der Waals surface area contributed by atoms with Crippen molar-refractivity contribution in [3.63, 3.8) is 0 Å². The number of hydrogen-bond donors (Lipinski definition) is 3. The monoisotopic (exact) mass is 242 g/mol. The number of nitrogens with one attached hydrogen (secondary N) is 2. The molecule has 0 radical (unpaired) electrons. The van der Waals surface area contributed by atoms with Gasteiger partial charge in [-0.15, -0.1) is 0 Å². The highest BCUT2D eigenvalue weighted by Gasteiger charge is 2.36. The van der Waals surface area contributed by atoms with Crippen LogP contribution in [0.4, 0.5) is 0 Å². The minimum absolute atomic E-state index is 0.0454. The van der Waals surface area contributed by atoms with E-state index >= 15 is 0 Å². The zero-order valence-corrected chi connectivity index (χ0v) is 11.5. The number of carbonyl (C=O) groups is 1. The molecule has 0 aromatic heterocycles. The first-order valence-electron chi connectivity index (χ1n) is 6.46. The second-order valence-electron chi connectivity index (χ2n) is 6.13. The molecule has 0 unspecified atom stereocenters. The lowest BCUT2D eigenvalue weighted by molar-refractivity contribution is -0.127. The van der Waals surface area contributed by atoms with E-state index in [4.69, 9.17) is 0 Å². The molecule has 4 nitrogen and oxygen atoms in total. The van der Waals surface area contributed by atoms with Crippen LogP contribution in [0.1, 0.15) is 47.0 Å². The Labute approximate surface area is 104 Å². The van der Waals surface area contributed by atoms with Crippen molar-refractivity contribution < 1.29 is 9.90 Å². The number of aliphatic hydroxyl groups is 1. The Balaban J connectivity index is 2.43. The minimum Gasteiger partial charge on any atom is -0.388 e. The molecule has 1 aliphatic heterocycles. The predicted octanol–water partition coefficient (Wildman–Crippen LogP) is 1.04. The molecule has 1 amide bonds. The number of hydrogen-bond acceptors (Lipinski definition) is 3. The molecule has 1 heterocycles. The zero-order chi connectivity index (χ0) is 13.1. The van der Waals surface area contributed by atoms with Crippen LogP contribution in [-0.4, -0.2) is 35.2 Å². The van der Waals surface area contributed by atoms with Crippen molar-refractivity contribution in [2.45, 2.75) is 58.1 Å². The topological polar surface area (TPSA) is 61.4 Å². The third-order valence-electron chi connectivity index (χ3n) is 3.91. The highest BCUT2D eigenvalue weighted by atomic mass is 16.3. The summed E-state index contributed by atoms with van der Waals surface area (Å²) >= 11 is 0. The first-order valence-corrected chi connectivity index (χ1v) is 6.46. The fourth-order valence-electron chi connectivity index (χ4n) is 1.90. The lowest BCUT2D eigenvalue weighted by atomic mass is 9.85. The van der Waals surface area contributed by atoms with Crippen LogP contribution in [-0.2, 0) is 4.79 Å². The third-order valence-corrected chi connectivity index (χ3v) is 3.91. The van der Waals surface area contributed by atoms with Crippen molar-refractivity contribution in [1.82, 2.24) is 10.6 Å². The van der Waals surface area contributed by atoms with E-state index in [1.54, 1.807) is 13.8 Å². The zero-order valence-electron chi connectivity index (χ0n) is 11.5. The number of piperidine rings is 1. The summed E-state index contributed by atoms with van der Waals surface area (Å²) in [5.41, 5.74) is -1.52. The van der Waals surface area contributed by atoms with E-state index in [-0.39, 0.29) is 5.91 Å². The van der Waals surface area contributed by atoms with Crippen LogP contribution < -0.4 is 10.6 Å². The molecule has 0 aliphatic carbocycles. The summed E-state index contributed by atoms with van der Waals surface area (Å²) in [5.74, 6) is 0.526. The van der Waals surface area contributed by atoms with E-state index < -0.39 is 11.1 Å². The Hall–Kier alpha value is -0.610. The van der Waals surface area contributed by atoms with Gasteiger partial charge in [0.2, 0.25) is 5.91 Å². The summed E-state index contributed by atoms with van der Waals surface area (Å²) in [6, 6.07) is 0. The van der Waals surface area contributed by atoms with E-state index in [0.29, 0.717) is 12.3 Å². The van der Waals surface area contributed by atoms with Gasteiger partial charge in [0, 0.05) is 6.42 Å². The van der Waals surface area contributed by atoms with Gasteiger partial charge in [-0.2, -0.15) is 0 Å². The van der Waals surface area contributed by atoms with Gasteiger partial charge in [0.15, 0.2) is 0 Å². The Morgan fingerprint density at radius 2 is 1.82 bits per heavy atom. The third kappa shape index (κ3) is 4.28. The van der Waals surface area contributed by atoms with Crippen molar-refractivity contribution in [1.29, 1.82) is 0 Å². The fraction of sp³-hybridized carbons (Fsp3) is 0.923. The van der Waals surface area contributed by atoms with Crippen LogP contribution in [0.25, 0.3) is 0 Å². The first kappa shape index (κ1) is 14.5. The fourth-order valence-corrected chi connectivity index (χ4v) is 1.90. The van der Waals surface area contributed by atoms with Crippen LogP contribution in [0, 0.1) is 5.92 Å². The maximum absolute atomic E-state index is 11.9. The first-order chi connectivity index (χ1) is 7.72. The van der Waals surface area contributed by atoms with Gasteiger partial charge in [-0.1, -0.05) is 0 Å². The van der Waals surface area contributed by atoms with E-state index in [0.717, 1.165) is 25.9 Å². The van der Waals surface area contributed by atoms with Crippen molar-refractivity contribution >= 4 is 5.91 Å². The summed E-state index contributed by atoms with van der Waals surface area (Å²) in [6.45, 7) is 9.16. The smallest absolute Gasteiger partial charge is 0.220 e. The van der Waals surface area contributed by atoms with Gasteiger partial charge >= 0.3 is 0 Å². The predicted molar refractivity (Wildman–Crippen MR) is 68.7 cm³/mol. The van der Waals surface area contributed by atoms with Gasteiger partial charge < -0.3 is 15.7 Å². The number of amides is 1. The molecule has 1 saturated heterocycles. The molecule has 0 aromatic rings. The van der Waals surface area contributed by atoms with Crippen LogP contribution in [0.15, 0.2) is 0 Å². The maximum Gasteiger partial charge on any atom is 0.220 e. The normalized spacial score (nSPS) is 19.1. The molecule has 0 saturated carbocycles. The molecule has 17 heavy (non-hydrogen) atoms. The second kappa shape index (κ2) is 5.36. The molecule has 4 heteroatoms. The molecule has 1 aliphatic rings. The van der Waals surface area contributed by atoms with Crippen molar-refractivity contribution in [3.8, 4) is 0 Å². The van der Waals surface area contributed by atoms with Crippen molar-refractivity contribution in [2.75, 3.05) is 13.1 Å². The van der Waals surface area contributed by atoms with Gasteiger partial charge in [-0.25, -0.2) is 0 Å². The van der Waals surface area contributed by atoms with E-state index in [1.807, 2.05) is 13.8 Å². The summed E-state index contributed by atoms with van der Waals surface area (Å²) in [6.07, 6.45) is 2.70. The Kier molecular flexibility index (Phi) is 4.55. The number of carbonyl (C=O) groups excluding carboxylic acids is 1. The van der Waals surface area contributed by atoms with Gasteiger partial charge in [0.05, 0.1) is 11.1 Å². The molecule has 0 bridgehead atoms. The standard InChI is InChI=1S/C13H26N2O2/c1-12(2,13(3,4)17)15-11(16)9-10-5-7-14-8-6-10/h10,14,17H,5-9H2,1-4H3,(H,15,16). The SMILES string of the molecule is CC(C)(O)C(C)(C)NC(=O)CC1CCNCC1. The average Bonchev–Trinajstić information content (AvgIpc) is 2.16. The Morgan fingerprint density at radius 1 is 1.29 bits per heavy atom. The van der Waals surface area contributed by atoms with Gasteiger partial charge in [0.1, 0.15) is 0 Å². The lowest BCUT2D eigenvalue weighted by Crippen LogP contribution is -2.58. The number of rotatable bonds is 4. The maximum atomic E-state index is 11.9. The van der Waals surface area contributed by atoms with E-state index in [9.17, 15) is 9.90 Å². The molecule has 0 atom stereocenters. The van der Waals surface area contributed by atoms with Gasteiger partial charge in [0.25, 0.3) is 0 Å². The quantitative estimate of drug-likeness (QED) is 0.690. The van der Waals surface area contributed by atoms with Crippen molar-refractivity contribution in [3.05, 3.63) is 0 Å². The van der Waals surface area contributed by atoms with Crippen LogP contribution in [0.5, 0.6) is 0 Å². The summed E-state index contributed by atoms with van der Waals surface area (Å²) in [4.78, 5) is 11.9. The molecule has 1 rings (SSSR count). The minimum atomic E-state index is -0.920. The lowest BCUT2D eigenvalue weighted by Gasteiger charge is -2.38. The van der Waals surface area contributed by atoms with Gasteiger partial charge in [-0.05, 0) is 59.5 Å². The molecule has 0 aromatic carbocycles. The molecular weight excluding hydrogens is 216 g/mol. The molecular formula is C13H26N2O2. The molecule has 1 fully saturated rings. The second-order valence-corrected chi connectivity index (χ2v) is 6.13. The molecule has 0 spiro atoms. The molecule has 3 N–H and O–H groups in total. The Bertz CT molecular complexity index is 263. The van der Waals surface area contributed by atoms with Crippen LogP contribution in [0.3, 0.4) is 0 Å². The summed E-state index contributed by atoms with van der Waals surface area (Å²) < 4.78 is 0. The van der Waals surface area contributed by atoms with Gasteiger partial charge in [-0.3, -0.25) is 4.79 Å². The highest BCUT2D eigenvalue weighted by molar-refractivity contribution is 5.77. The summed E-state index contributed by atoms with van der Waals surface area (Å²) in [5, 5.41) is 16.2. The van der Waals surface area contributed by atoms with Crippen molar-refractivity contribution in [2.24, 2.45) is 5.92 Å². The highest BCUT2D eigenvalue weighted by Crippen LogP contribution is 2.22. The average molecular weight is 242 g/mol. The van der Waals surface area contributed by atoms with E-state index in [1.165, 1.54) is 0 Å².